The maximum atomic E-state index is 12.7. The molecule has 1 aliphatic carbocycles. The van der Waals surface area contributed by atoms with Gasteiger partial charge in [0.1, 0.15) is 11.7 Å². The van der Waals surface area contributed by atoms with Gasteiger partial charge in [-0.1, -0.05) is 0 Å². The van der Waals surface area contributed by atoms with Crippen LogP contribution in [0.25, 0.3) is 5.65 Å². The number of nitrogens with zero attached hydrogens (tertiary/aromatic N) is 5. The first-order chi connectivity index (χ1) is 11.2. The molecule has 0 amide bonds. The summed E-state index contributed by atoms with van der Waals surface area (Å²) < 4.78 is 9.27. The summed E-state index contributed by atoms with van der Waals surface area (Å²) in [7, 11) is 0. The fourth-order valence-electron chi connectivity index (χ4n) is 3.26. The molecule has 0 N–H and O–H groups in total. The Morgan fingerprint density at radius 1 is 1.26 bits per heavy atom. The third-order valence-electron chi connectivity index (χ3n) is 4.32. The molecule has 118 valence electrons. The van der Waals surface area contributed by atoms with Crippen molar-refractivity contribution in [2.24, 2.45) is 0 Å². The van der Waals surface area contributed by atoms with E-state index in [1.165, 1.54) is 0 Å². The Labute approximate surface area is 132 Å². The van der Waals surface area contributed by atoms with Crippen molar-refractivity contribution in [3.05, 3.63) is 48.2 Å². The van der Waals surface area contributed by atoms with Gasteiger partial charge in [0, 0.05) is 24.8 Å². The third kappa shape index (κ3) is 2.38. The second-order valence-corrected chi connectivity index (χ2v) is 5.78. The van der Waals surface area contributed by atoms with E-state index in [-0.39, 0.29) is 18.1 Å². The van der Waals surface area contributed by atoms with Crippen molar-refractivity contribution in [2.45, 2.75) is 38.3 Å². The molecule has 4 rings (SSSR count). The first-order valence-electron chi connectivity index (χ1n) is 7.74. The number of hydrogen-bond acceptors (Lipinski definition) is 5. The normalized spacial score (nSPS) is 20.9. The van der Waals surface area contributed by atoms with Gasteiger partial charge in [0.15, 0.2) is 5.65 Å². The van der Waals surface area contributed by atoms with Crippen LogP contribution < -0.4 is 0 Å². The Balaban J connectivity index is 1.61. The molecule has 2 atom stereocenters. The zero-order chi connectivity index (χ0) is 15.8. The smallest absolute Gasteiger partial charge is 0.344 e. The second kappa shape index (κ2) is 5.49. The Morgan fingerprint density at radius 3 is 2.96 bits per heavy atom. The quantitative estimate of drug-likeness (QED) is 0.693. The molecule has 1 fully saturated rings. The van der Waals surface area contributed by atoms with Crippen LogP contribution in [0.4, 0.5) is 0 Å². The van der Waals surface area contributed by atoms with Crippen LogP contribution in [0.3, 0.4) is 0 Å². The van der Waals surface area contributed by atoms with Crippen LogP contribution in [0.2, 0.25) is 0 Å². The minimum atomic E-state index is -0.361. The zero-order valence-corrected chi connectivity index (χ0v) is 12.8. The predicted octanol–water partition coefficient (Wildman–Crippen LogP) is 2.18. The predicted molar refractivity (Wildman–Crippen MR) is 82.0 cm³/mol. The zero-order valence-electron chi connectivity index (χ0n) is 12.8. The van der Waals surface area contributed by atoms with E-state index in [2.05, 4.69) is 15.2 Å². The van der Waals surface area contributed by atoms with Crippen LogP contribution in [0, 0.1) is 6.92 Å². The number of fused-ring (bicyclic) bond motifs is 1. The number of ether oxygens (including phenoxy) is 1. The van der Waals surface area contributed by atoms with Crippen LogP contribution in [0.15, 0.2) is 36.9 Å². The van der Waals surface area contributed by atoms with E-state index in [1.807, 2.05) is 16.9 Å². The Morgan fingerprint density at radius 2 is 2.13 bits per heavy atom. The third-order valence-corrected chi connectivity index (χ3v) is 4.32. The van der Waals surface area contributed by atoms with E-state index in [1.54, 1.807) is 36.1 Å². The highest BCUT2D eigenvalue weighted by molar-refractivity contribution is 5.97. The van der Waals surface area contributed by atoms with E-state index in [4.69, 9.17) is 4.74 Å². The maximum absolute atomic E-state index is 12.7. The summed E-state index contributed by atoms with van der Waals surface area (Å²) in [5, 5.41) is 8.60. The number of hydrogen-bond donors (Lipinski definition) is 0. The largest absolute Gasteiger partial charge is 0.456 e. The molecule has 0 radical (unpaired) electrons. The molecule has 1 aliphatic rings. The van der Waals surface area contributed by atoms with Crippen LogP contribution in [0.5, 0.6) is 0 Å². The summed E-state index contributed by atoms with van der Waals surface area (Å²) in [6, 6.07) is 3.76. The summed E-state index contributed by atoms with van der Waals surface area (Å²) >= 11 is 0. The second-order valence-electron chi connectivity index (χ2n) is 5.78. The highest BCUT2D eigenvalue weighted by atomic mass is 16.5. The van der Waals surface area contributed by atoms with E-state index < -0.39 is 0 Å². The fourth-order valence-corrected chi connectivity index (χ4v) is 3.26. The SMILES string of the molecule is Cc1nn2cccnc2c1C(=O)O[C@@H]1CCC[C@H]1n1cccn1. The summed E-state index contributed by atoms with van der Waals surface area (Å²) in [5.74, 6) is -0.361. The van der Waals surface area contributed by atoms with E-state index in [0.29, 0.717) is 16.9 Å². The highest BCUT2D eigenvalue weighted by Gasteiger charge is 2.33. The van der Waals surface area contributed by atoms with Crippen molar-refractivity contribution in [3.8, 4) is 0 Å². The molecule has 0 bridgehead atoms. The molecule has 23 heavy (non-hydrogen) atoms. The van der Waals surface area contributed by atoms with Gasteiger partial charge in [-0.2, -0.15) is 10.2 Å². The molecule has 7 nitrogen and oxygen atoms in total. The van der Waals surface area contributed by atoms with Crippen molar-refractivity contribution in [2.75, 3.05) is 0 Å². The lowest BCUT2D eigenvalue weighted by Gasteiger charge is -2.20. The lowest BCUT2D eigenvalue weighted by Crippen LogP contribution is -2.25. The molecular weight excluding hydrogens is 294 g/mol. The first-order valence-corrected chi connectivity index (χ1v) is 7.74. The molecule has 3 heterocycles. The van der Waals surface area contributed by atoms with Crippen molar-refractivity contribution < 1.29 is 9.53 Å². The molecule has 3 aromatic heterocycles. The van der Waals surface area contributed by atoms with Gasteiger partial charge in [-0.25, -0.2) is 14.3 Å². The van der Waals surface area contributed by atoms with Gasteiger partial charge in [0.2, 0.25) is 0 Å². The molecule has 0 aromatic carbocycles. The van der Waals surface area contributed by atoms with Gasteiger partial charge in [-0.3, -0.25) is 4.68 Å². The standard InChI is InChI=1S/C16H17N5O2/c1-11-14(15-17-7-3-10-21(15)19-11)16(22)23-13-6-2-5-12(13)20-9-4-8-18-20/h3-4,7-10,12-13H,2,5-6H2,1H3/t12-,13-/m1/s1. The van der Waals surface area contributed by atoms with Crippen LogP contribution in [-0.4, -0.2) is 36.5 Å². The van der Waals surface area contributed by atoms with Gasteiger partial charge in [0.25, 0.3) is 0 Å². The van der Waals surface area contributed by atoms with Crippen molar-refractivity contribution in [3.63, 3.8) is 0 Å². The lowest BCUT2D eigenvalue weighted by atomic mass is 10.2. The molecule has 7 heteroatoms. The summed E-state index contributed by atoms with van der Waals surface area (Å²) in [6.07, 6.45) is 9.75. The summed E-state index contributed by atoms with van der Waals surface area (Å²) in [6.45, 7) is 1.80. The van der Waals surface area contributed by atoms with E-state index in [0.717, 1.165) is 19.3 Å². The lowest BCUT2D eigenvalue weighted by molar-refractivity contribution is 0.0211. The van der Waals surface area contributed by atoms with Gasteiger partial charge in [-0.05, 0) is 38.3 Å². The van der Waals surface area contributed by atoms with Gasteiger partial charge < -0.3 is 4.74 Å². The molecule has 0 saturated heterocycles. The first kappa shape index (κ1) is 13.9. The average Bonchev–Trinajstić information content (AvgIpc) is 3.24. The van der Waals surface area contributed by atoms with Crippen molar-refractivity contribution >= 4 is 11.6 Å². The Bertz CT molecular complexity index is 839. The van der Waals surface area contributed by atoms with E-state index >= 15 is 0 Å². The molecule has 0 aliphatic heterocycles. The van der Waals surface area contributed by atoms with Crippen molar-refractivity contribution in [1.82, 2.24) is 24.4 Å². The number of rotatable bonds is 3. The molecular formula is C16H17N5O2. The monoisotopic (exact) mass is 311 g/mol. The van der Waals surface area contributed by atoms with Crippen LogP contribution >= 0.6 is 0 Å². The summed E-state index contributed by atoms with van der Waals surface area (Å²) in [5.41, 5.74) is 1.60. The minimum absolute atomic E-state index is 0.101. The number of aromatic nitrogens is 5. The fraction of sp³-hybridized carbons (Fsp3) is 0.375. The van der Waals surface area contributed by atoms with Gasteiger partial charge >= 0.3 is 5.97 Å². The van der Waals surface area contributed by atoms with Crippen LogP contribution in [0.1, 0.15) is 41.4 Å². The van der Waals surface area contributed by atoms with Gasteiger partial charge in [-0.15, -0.1) is 0 Å². The molecule has 3 aromatic rings. The molecule has 0 spiro atoms. The van der Waals surface area contributed by atoms with Crippen LogP contribution in [-0.2, 0) is 4.74 Å². The average molecular weight is 311 g/mol. The Hall–Kier alpha value is -2.70. The van der Waals surface area contributed by atoms with Crippen molar-refractivity contribution in [1.29, 1.82) is 0 Å². The minimum Gasteiger partial charge on any atom is -0.456 e. The molecule has 1 saturated carbocycles. The highest BCUT2D eigenvalue weighted by Crippen LogP contribution is 2.32. The number of carbonyl (C=O) groups excluding carboxylic acids is 1. The summed E-state index contributed by atoms with van der Waals surface area (Å²) in [4.78, 5) is 16.9. The maximum Gasteiger partial charge on any atom is 0.344 e. The topological polar surface area (TPSA) is 74.3 Å². The number of carbonyl (C=O) groups is 1. The van der Waals surface area contributed by atoms with E-state index in [9.17, 15) is 4.79 Å². The Kier molecular flexibility index (Phi) is 3.33. The number of aryl methyl sites for hydroxylation is 1. The van der Waals surface area contributed by atoms with Gasteiger partial charge in [0.05, 0.1) is 11.7 Å². The molecule has 0 unspecified atom stereocenters. The number of esters is 1.